The summed E-state index contributed by atoms with van der Waals surface area (Å²) >= 11 is 14.3. The van der Waals surface area contributed by atoms with Crippen molar-refractivity contribution in [2.24, 2.45) is 0 Å². The Balaban J connectivity index is 2.03. The van der Waals surface area contributed by atoms with Crippen molar-refractivity contribution in [3.8, 4) is 46.4 Å². The maximum atomic E-state index is 11.2. The maximum absolute atomic E-state index is 11.2. The molecule has 32 heavy (non-hydrogen) atoms. The number of halogens is 2. The lowest BCUT2D eigenvalue weighted by atomic mass is 10.1. The largest absolute Gasteiger partial charge is 0.426 e. The van der Waals surface area contributed by atoms with E-state index < -0.39 is 0 Å². The highest BCUT2D eigenvalue weighted by Crippen LogP contribution is 2.40. The SMILES string of the molecule is C#Cc1cccc(-c2nc(-c3c(Cl)cc(CO)cc3Cl)n(O)c2-c2ccnc(SC)n2)c1. The first kappa shape index (κ1) is 22.2. The summed E-state index contributed by atoms with van der Waals surface area (Å²) in [5.41, 5.74) is 3.47. The fourth-order valence-corrected chi connectivity index (χ4v) is 4.32. The molecule has 9 heteroatoms. The third kappa shape index (κ3) is 4.06. The van der Waals surface area contributed by atoms with E-state index in [0.29, 0.717) is 44.5 Å². The van der Waals surface area contributed by atoms with Crippen molar-refractivity contribution in [2.45, 2.75) is 11.8 Å². The highest BCUT2D eigenvalue weighted by atomic mass is 35.5. The predicted molar refractivity (Wildman–Crippen MR) is 127 cm³/mol. The lowest BCUT2D eigenvalue weighted by molar-refractivity contribution is 0.195. The zero-order valence-electron chi connectivity index (χ0n) is 16.8. The number of imidazole rings is 1. The summed E-state index contributed by atoms with van der Waals surface area (Å²) in [7, 11) is 0. The van der Waals surface area contributed by atoms with Gasteiger partial charge in [-0.15, -0.1) is 6.42 Å². The van der Waals surface area contributed by atoms with E-state index in [1.165, 1.54) is 11.8 Å². The quantitative estimate of drug-likeness (QED) is 0.171. The molecular weight excluding hydrogens is 467 g/mol. The van der Waals surface area contributed by atoms with Crippen molar-refractivity contribution in [2.75, 3.05) is 6.26 Å². The number of aromatic nitrogens is 4. The number of benzene rings is 2. The first-order chi connectivity index (χ1) is 15.5. The Labute approximate surface area is 198 Å². The predicted octanol–water partition coefficient (Wildman–Crippen LogP) is 5.41. The second kappa shape index (κ2) is 9.23. The molecule has 0 aliphatic heterocycles. The van der Waals surface area contributed by atoms with Crippen LogP contribution in [0.3, 0.4) is 0 Å². The van der Waals surface area contributed by atoms with Crippen LogP contribution in [0.4, 0.5) is 0 Å². The van der Waals surface area contributed by atoms with Crippen LogP contribution in [0.1, 0.15) is 11.1 Å². The molecule has 4 aromatic rings. The Kier molecular flexibility index (Phi) is 6.40. The van der Waals surface area contributed by atoms with Gasteiger partial charge in [-0.2, -0.15) is 4.73 Å². The number of terminal acetylenes is 1. The number of hydrogen-bond donors (Lipinski definition) is 2. The second-order valence-electron chi connectivity index (χ2n) is 6.69. The van der Waals surface area contributed by atoms with Crippen LogP contribution in [0.25, 0.3) is 34.0 Å². The van der Waals surface area contributed by atoms with Gasteiger partial charge in [-0.05, 0) is 42.2 Å². The fraction of sp³-hybridized carbons (Fsp3) is 0.0870. The molecule has 0 unspecified atom stereocenters. The van der Waals surface area contributed by atoms with E-state index in [0.717, 1.165) is 4.73 Å². The van der Waals surface area contributed by atoms with Crippen molar-refractivity contribution in [3.05, 3.63) is 69.8 Å². The standard InChI is InChI=1S/C23H16Cl2N4O2S/c1-3-13-5-4-6-15(9-13)20-21(18-7-8-26-23(27-18)32-2)29(31)22(28-20)19-16(24)10-14(12-30)11-17(19)25/h1,4-11,30-31H,12H2,2H3. The zero-order valence-corrected chi connectivity index (χ0v) is 19.1. The minimum Gasteiger partial charge on any atom is -0.426 e. The molecule has 0 spiro atoms. The van der Waals surface area contributed by atoms with Crippen LogP contribution in [0, 0.1) is 12.3 Å². The molecule has 4 rings (SSSR count). The Morgan fingerprint density at radius 2 is 1.88 bits per heavy atom. The first-order valence-corrected chi connectivity index (χ1v) is 11.3. The summed E-state index contributed by atoms with van der Waals surface area (Å²) in [6.07, 6.45) is 9.04. The molecule has 0 aliphatic carbocycles. The average Bonchev–Trinajstić information content (AvgIpc) is 3.15. The third-order valence-corrected chi connectivity index (χ3v) is 5.88. The van der Waals surface area contributed by atoms with Crippen LogP contribution in [-0.2, 0) is 6.61 Å². The van der Waals surface area contributed by atoms with Gasteiger partial charge in [-0.3, -0.25) is 0 Å². The summed E-state index contributed by atoms with van der Waals surface area (Å²) in [5, 5.41) is 21.7. The van der Waals surface area contributed by atoms with Crippen molar-refractivity contribution in [1.82, 2.24) is 19.7 Å². The van der Waals surface area contributed by atoms with Gasteiger partial charge in [0.1, 0.15) is 11.4 Å². The van der Waals surface area contributed by atoms with Gasteiger partial charge in [0.15, 0.2) is 11.0 Å². The Hall–Kier alpha value is -3.02. The number of aliphatic hydroxyl groups excluding tert-OH is 1. The monoisotopic (exact) mass is 482 g/mol. The van der Waals surface area contributed by atoms with Gasteiger partial charge in [-0.25, -0.2) is 15.0 Å². The van der Waals surface area contributed by atoms with Crippen molar-refractivity contribution < 1.29 is 10.3 Å². The summed E-state index contributed by atoms with van der Waals surface area (Å²) in [6, 6.07) is 12.1. The number of nitrogens with zero attached hydrogens (tertiary/aromatic N) is 4. The summed E-state index contributed by atoms with van der Waals surface area (Å²) < 4.78 is 0.913. The minimum atomic E-state index is -0.221. The van der Waals surface area contributed by atoms with Gasteiger partial charge in [-0.1, -0.05) is 53.0 Å². The summed E-state index contributed by atoms with van der Waals surface area (Å²) in [5.74, 6) is 2.74. The molecule has 0 radical (unpaired) electrons. The Morgan fingerprint density at radius 3 is 2.53 bits per heavy atom. The average molecular weight is 483 g/mol. The number of hydrogen-bond acceptors (Lipinski definition) is 6. The van der Waals surface area contributed by atoms with Gasteiger partial charge >= 0.3 is 0 Å². The normalized spacial score (nSPS) is 10.8. The molecule has 0 atom stereocenters. The minimum absolute atomic E-state index is 0.130. The Bertz CT molecular complexity index is 1340. The molecule has 0 amide bonds. The number of rotatable bonds is 5. The van der Waals surface area contributed by atoms with Crippen molar-refractivity contribution in [3.63, 3.8) is 0 Å². The van der Waals surface area contributed by atoms with Crippen LogP contribution < -0.4 is 0 Å². The van der Waals surface area contributed by atoms with E-state index in [4.69, 9.17) is 29.6 Å². The molecule has 2 N–H and O–H groups in total. The molecule has 160 valence electrons. The molecular formula is C23H16Cl2N4O2S. The van der Waals surface area contributed by atoms with Crippen molar-refractivity contribution in [1.29, 1.82) is 0 Å². The third-order valence-electron chi connectivity index (χ3n) is 4.72. The van der Waals surface area contributed by atoms with Crippen LogP contribution >= 0.6 is 35.0 Å². The summed E-state index contributed by atoms with van der Waals surface area (Å²) in [4.78, 5) is 13.4. The van der Waals surface area contributed by atoms with E-state index in [2.05, 4.69) is 20.9 Å². The molecule has 0 saturated carbocycles. The molecule has 6 nitrogen and oxygen atoms in total. The molecule has 0 fully saturated rings. The smallest absolute Gasteiger partial charge is 0.187 e. The van der Waals surface area contributed by atoms with Gasteiger partial charge in [0.05, 0.1) is 27.9 Å². The van der Waals surface area contributed by atoms with E-state index >= 15 is 0 Å². The number of aliphatic hydroxyl groups is 1. The molecule has 2 aromatic heterocycles. The van der Waals surface area contributed by atoms with Crippen LogP contribution in [0.15, 0.2) is 53.8 Å². The van der Waals surface area contributed by atoms with Crippen LogP contribution in [-0.4, -0.2) is 36.3 Å². The molecule has 0 bridgehead atoms. The van der Waals surface area contributed by atoms with Gasteiger partial charge in [0.25, 0.3) is 0 Å². The molecule has 2 heterocycles. The van der Waals surface area contributed by atoms with Crippen molar-refractivity contribution >= 4 is 35.0 Å². The van der Waals surface area contributed by atoms with E-state index in [-0.39, 0.29) is 22.5 Å². The lowest BCUT2D eigenvalue weighted by Crippen LogP contribution is -2.01. The maximum Gasteiger partial charge on any atom is 0.187 e. The zero-order chi connectivity index (χ0) is 22.8. The molecule has 0 aliphatic rings. The van der Waals surface area contributed by atoms with E-state index in [9.17, 15) is 10.3 Å². The second-order valence-corrected chi connectivity index (χ2v) is 8.28. The lowest BCUT2D eigenvalue weighted by Gasteiger charge is -2.09. The summed E-state index contributed by atoms with van der Waals surface area (Å²) in [6.45, 7) is -0.221. The van der Waals surface area contributed by atoms with Crippen LogP contribution in [0.2, 0.25) is 10.0 Å². The van der Waals surface area contributed by atoms with Crippen LogP contribution in [0.5, 0.6) is 0 Å². The van der Waals surface area contributed by atoms with Gasteiger partial charge < -0.3 is 10.3 Å². The topological polar surface area (TPSA) is 84.1 Å². The molecule has 2 aromatic carbocycles. The number of thioether (sulfide) groups is 1. The van der Waals surface area contributed by atoms with Gasteiger partial charge in [0.2, 0.25) is 0 Å². The fourth-order valence-electron chi connectivity index (χ4n) is 3.26. The highest BCUT2D eigenvalue weighted by molar-refractivity contribution is 7.98. The first-order valence-electron chi connectivity index (χ1n) is 9.32. The van der Waals surface area contributed by atoms with E-state index in [1.54, 1.807) is 36.5 Å². The highest BCUT2D eigenvalue weighted by Gasteiger charge is 2.25. The van der Waals surface area contributed by atoms with Gasteiger partial charge in [0, 0.05) is 17.3 Å². The molecule has 0 saturated heterocycles. The van der Waals surface area contributed by atoms with E-state index in [1.807, 2.05) is 18.4 Å². The Morgan fingerprint density at radius 1 is 1.12 bits per heavy atom.